The molecular weight excluding hydrogens is 573 g/mol. The summed E-state index contributed by atoms with van der Waals surface area (Å²) in [5, 5.41) is 15.6. The second kappa shape index (κ2) is 13.6. The second-order valence-corrected chi connectivity index (χ2v) is 11.9. The Kier molecular flexibility index (Phi) is 9.01. The third kappa shape index (κ3) is 6.74. The van der Waals surface area contributed by atoms with Gasteiger partial charge in [-0.15, -0.1) is 21.5 Å². The predicted molar refractivity (Wildman–Crippen MR) is 173 cm³/mol. The molecular formula is C34H30N6OS2. The third-order valence-corrected chi connectivity index (χ3v) is 9.13. The number of aromatic nitrogens is 5. The summed E-state index contributed by atoms with van der Waals surface area (Å²) in [6, 6.07) is 32.9. The molecule has 0 saturated heterocycles. The van der Waals surface area contributed by atoms with Crippen LogP contribution in [-0.2, 0) is 5.75 Å². The highest BCUT2D eigenvalue weighted by Gasteiger charge is 2.19. The Bertz CT molecular complexity index is 1750. The maximum Gasteiger partial charge on any atom is 0.270 e. The van der Waals surface area contributed by atoms with E-state index in [2.05, 4.69) is 97.6 Å². The highest BCUT2D eigenvalue weighted by Crippen LogP contribution is 2.32. The summed E-state index contributed by atoms with van der Waals surface area (Å²) in [7, 11) is 0. The number of nitrogens with one attached hydrogen (secondary N) is 1. The van der Waals surface area contributed by atoms with Crippen LogP contribution in [0.2, 0.25) is 0 Å². The van der Waals surface area contributed by atoms with Gasteiger partial charge in [0, 0.05) is 35.8 Å². The Morgan fingerprint density at radius 3 is 2.26 bits per heavy atom. The number of thioether (sulfide) groups is 1. The topological polar surface area (TPSA) is 85.6 Å². The van der Waals surface area contributed by atoms with Crippen molar-refractivity contribution in [1.82, 2.24) is 30.0 Å². The van der Waals surface area contributed by atoms with Crippen molar-refractivity contribution < 1.29 is 4.79 Å². The average Bonchev–Trinajstić information content (AvgIpc) is 3.71. The fraction of sp³-hybridized carbons (Fsp3) is 0.147. The minimum absolute atomic E-state index is 0.157. The van der Waals surface area contributed by atoms with Crippen LogP contribution in [0.3, 0.4) is 0 Å². The van der Waals surface area contributed by atoms with Crippen LogP contribution < -0.4 is 5.32 Å². The van der Waals surface area contributed by atoms with Crippen LogP contribution in [0.1, 0.15) is 44.5 Å². The molecule has 9 heteroatoms. The lowest BCUT2D eigenvalue weighted by Crippen LogP contribution is -2.26. The molecule has 0 aliphatic heterocycles. The fourth-order valence-corrected chi connectivity index (χ4v) is 6.74. The van der Waals surface area contributed by atoms with Gasteiger partial charge in [0.05, 0.1) is 11.4 Å². The summed E-state index contributed by atoms with van der Waals surface area (Å²) in [6.45, 7) is 2.62. The molecule has 3 aromatic carbocycles. The number of benzene rings is 3. The van der Waals surface area contributed by atoms with Crippen LogP contribution in [0, 0.1) is 6.92 Å². The molecule has 0 aliphatic rings. The highest BCUT2D eigenvalue weighted by atomic mass is 32.2. The number of aryl methyl sites for hydroxylation is 1. The summed E-state index contributed by atoms with van der Waals surface area (Å²) in [5.41, 5.74) is 5.99. The van der Waals surface area contributed by atoms with Crippen molar-refractivity contribution in [2.45, 2.75) is 30.2 Å². The van der Waals surface area contributed by atoms with Crippen molar-refractivity contribution in [3.8, 4) is 17.1 Å². The van der Waals surface area contributed by atoms with Crippen molar-refractivity contribution in [2.75, 3.05) is 6.54 Å². The first-order chi connectivity index (χ1) is 21.2. The number of carbonyl (C=O) groups is 1. The Balaban J connectivity index is 1.12. The van der Waals surface area contributed by atoms with Crippen molar-refractivity contribution in [1.29, 1.82) is 0 Å². The third-order valence-electron chi connectivity index (χ3n) is 7.16. The minimum Gasteiger partial charge on any atom is -0.351 e. The molecule has 0 saturated carbocycles. The van der Waals surface area contributed by atoms with Gasteiger partial charge in [0.25, 0.3) is 5.91 Å². The summed E-state index contributed by atoms with van der Waals surface area (Å²) in [4.78, 5) is 21.8. The quantitative estimate of drug-likeness (QED) is 0.156. The van der Waals surface area contributed by atoms with Crippen LogP contribution in [0.15, 0.2) is 120 Å². The molecule has 0 bridgehead atoms. The molecule has 6 rings (SSSR count). The lowest BCUT2D eigenvalue weighted by atomic mass is 9.88. The molecule has 43 heavy (non-hydrogen) atoms. The predicted octanol–water partition coefficient (Wildman–Crippen LogP) is 7.34. The monoisotopic (exact) mass is 602 g/mol. The van der Waals surface area contributed by atoms with Gasteiger partial charge in [-0.2, -0.15) is 0 Å². The second-order valence-electron chi connectivity index (χ2n) is 10.00. The number of carbonyl (C=O) groups excluding carboxylic acids is 1. The standard InChI is InChI=1S/C34H30N6OS2/c1-24-10-8-9-15-30(24)40-32(27-16-19-35-20-17-27)38-39-34(40)43-23-31-37-29(22-42-31)33(41)36-21-18-28(25-11-4-2-5-12-25)26-13-6-3-7-14-26/h2-17,19-20,22,28H,18,21,23H2,1H3,(H,36,41). The van der Waals surface area contributed by atoms with E-state index in [0.717, 1.165) is 39.2 Å². The zero-order valence-corrected chi connectivity index (χ0v) is 25.3. The van der Waals surface area contributed by atoms with E-state index in [1.54, 1.807) is 24.2 Å². The molecule has 0 aliphatic carbocycles. The minimum atomic E-state index is -0.157. The van der Waals surface area contributed by atoms with E-state index in [-0.39, 0.29) is 11.8 Å². The van der Waals surface area contributed by atoms with E-state index >= 15 is 0 Å². The van der Waals surface area contributed by atoms with Gasteiger partial charge in [-0.1, -0.05) is 90.6 Å². The lowest BCUT2D eigenvalue weighted by Gasteiger charge is -2.18. The Labute approximate surface area is 259 Å². The van der Waals surface area contributed by atoms with Gasteiger partial charge in [-0.3, -0.25) is 14.3 Å². The molecule has 1 amide bonds. The Hall–Kier alpha value is -4.60. The molecule has 214 valence electrons. The summed E-state index contributed by atoms with van der Waals surface area (Å²) >= 11 is 3.03. The zero-order valence-electron chi connectivity index (χ0n) is 23.6. The van der Waals surface area contributed by atoms with Crippen LogP contribution in [0.4, 0.5) is 0 Å². The van der Waals surface area contributed by atoms with E-state index < -0.39 is 0 Å². The summed E-state index contributed by atoms with van der Waals surface area (Å²) in [5.74, 6) is 1.37. The number of nitrogens with zero attached hydrogens (tertiary/aromatic N) is 5. The average molecular weight is 603 g/mol. The van der Waals surface area contributed by atoms with Crippen molar-refractivity contribution in [3.05, 3.63) is 142 Å². The maximum atomic E-state index is 13.0. The molecule has 3 aromatic heterocycles. The van der Waals surface area contributed by atoms with Gasteiger partial charge in [-0.25, -0.2) is 4.98 Å². The normalized spacial score (nSPS) is 11.1. The fourth-order valence-electron chi connectivity index (χ4n) is 5.01. The smallest absolute Gasteiger partial charge is 0.270 e. The van der Waals surface area contributed by atoms with E-state index in [1.165, 1.54) is 22.5 Å². The first-order valence-corrected chi connectivity index (χ1v) is 15.9. The first-order valence-electron chi connectivity index (χ1n) is 14.0. The number of hydrogen-bond acceptors (Lipinski definition) is 7. The molecule has 7 nitrogen and oxygen atoms in total. The molecule has 0 unspecified atom stereocenters. The van der Waals surface area contributed by atoms with Gasteiger partial charge < -0.3 is 5.32 Å². The zero-order chi connectivity index (χ0) is 29.4. The highest BCUT2D eigenvalue weighted by molar-refractivity contribution is 7.98. The van der Waals surface area contributed by atoms with Gasteiger partial charge in [0.1, 0.15) is 10.7 Å². The van der Waals surface area contributed by atoms with Gasteiger partial charge in [0.15, 0.2) is 11.0 Å². The van der Waals surface area contributed by atoms with Crippen molar-refractivity contribution in [2.24, 2.45) is 0 Å². The molecule has 0 spiro atoms. The molecule has 6 aromatic rings. The molecule has 1 N–H and O–H groups in total. The van der Waals surface area contributed by atoms with Crippen LogP contribution in [0.25, 0.3) is 17.1 Å². The summed E-state index contributed by atoms with van der Waals surface area (Å²) in [6.07, 6.45) is 4.30. The number of amides is 1. The molecule has 0 fully saturated rings. The van der Waals surface area contributed by atoms with E-state index in [9.17, 15) is 4.79 Å². The van der Waals surface area contributed by atoms with E-state index in [1.807, 2.05) is 41.8 Å². The lowest BCUT2D eigenvalue weighted by molar-refractivity contribution is 0.0948. The van der Waals surface area contributed by atoms with Crippen molar-refractivity contribution in [3.63, 3.8) is 0 Å². The Morgan fingerprint density at radius 1 is 0.884 bits per heavy atom. The van der Waals surface area contributed by atoms with Crippen LogP contribution in [0.5, 0.6) is 0 Å². The van der Waals surface area contributed by atoms with E-state index in [0.29, 0.717) is 18.0 Å². The van der Waals surface area contributed by atoms with Crippen LogP contribution in [-0.4, -0.2) is 37.2 Å². The maximum absolute atomic E-state index is 13.0. The Morgan fingerprint density at radius 2 is 1.56 bits per heavy atom. The summed E-state index contributed by atoms with van der Waals surface area (Å²) < 4.78 is 2.08. The van der Waals surface area contributed by atoms with Gasteiger partial charge in [-0.05, 0) is 48.2 Å². The number of pyridine rings is 1. The van der Waals surface area contributed by atoms with Gasteiger partial charge in [0.2, 0.25) is 0 Å². The van der Waals surface area contributed by atoms with Crippen molar-refractivity contribution >= 4 is 29.0 Å². The van der Waals surface area contributed by atoms with E-state index in [4.69, 9.17) is 0 Å². The molecule has 0 atom stereocenters. The number of thiazole rings is 1. The number of rotatable bonds is 11. The largest absolute Gasteiger partial charge is 0.351 e. The number of para-hydroxylation sites is 1. The SMILES string of the molecule is Cc1ccccc1-n1c(SCc2nc(C(=O)NCCC(c3ccccc3)c3ccccc3)cs2)nnc1-c1ccncc1. The molecule has 0 radical (unpaired) electrons. The first kappa shape index (κ1) is 28.5. The number of hydrogen-bond donors (Lipinski definition) is 1. The van der Waals surface area contributed by atoms with Gasteiger partial charge >= 0.3 is 0 Å². The molecule has 3 heterocycles. The van der Waals surface area contributed by atoms with Crippen LogP contribution >= 0.6 is 23.1 Å².